The van der Waals surface area contributed by atoms with E-state index in [9.17, 15) is 28.7 Å². The number of benzene rings is 2. The number of nitrogens with zero attached hydrogens (tertiary/aromatic N) is 2. The number of hydrogen-bond donors (Lipinski definition) is 1. The molecular weight excluding hydrogens is 603 g/mol. The second kappa shape index (κ2) is 11.3. The van der Waals surface area contributed by atoms with Gasteiger partial charge in [0.2, 0.25) is 29.4 Å². The maximum absolute atomic E-state index is 14.4. The topological polar surface area (TPSA) is 113 Å². The number of anilines is 1. The minimum absolute atomic E-state index is 0.158. The molecule has 4 aliphatic rings. The van der Waals surface area contributed by atoms with Crippen molar-refractivity contribution >= 4 is 47.0 Å². The molecule has 11 heteroatoms. The van der Waals surface area contributed by atoms with Gasteiger partial charge in [-0.3, -0.25) is 24.1 Å². The normalized spacial score (nSPS) is 29.2. The first-order valence-corrected chi connectivity index (χ1v) is 15.4. The van der Waals surface area contributed by atoms with Gasteiger partial charge in [0, 0.05) is 12.5 Å². The summed E-state index contributed by atoms with van der Waals surface area (Å²) in [6.45, 7) is 3.99. The number of methoxy groups -OCH3 is 2. The molecule has 2 aliphatic heterocycles. The molecule has 1 saturated carbocycles. The Morgan fingerprint density at radius 3 is 2.36 bits per heavy atom. The van der Waals surface area contributed by atoms with Crippen molar-refractivity contribution in [2.45, 2.75) is 33.1 Å². The van der Waals surface area contributed by atoms with Gasteiger partial charge in [-0.05, 0) is 68.0 Å². The van der Waals surface area contributed by atoms with Gasteiger partial charge in [0.15, 0.2) is 11.5 Å². The number of fused-ring (bicyclic) bond motifs is 4. The molecule has 45 heavy (non-hydrogen) atoms. The Morgan fingerprint density at radius 1 is 1.04 bits per heavy atom. The van der Waals surface area contributed by atoms with E-state index in [1.165, 1.54) is 31.3 Å². The highest BCUT2D eigenvalue weighted by molar-refractivity contribution is 6.31. The van der Waals surface area contributed by atoms with Gasteiger partial charge >= 0.3 is 0 Å². The molecule has 6 atom stereocenters. The van der Waals surface area contributed by atoms with Crippen LogP contribution in [0, 0.1) is 40.8 Å². The molecule has 2 aliphatic carbocycles. The van der Waals surface area contributed by atoms with Gasteiger partial charge in [-0.2, -0.15) is 0 Å². The van der Waals surface area contributed by atoms with Gasteiger partial charge in [-0.25, -0.2) is 9.29 Å². The number of amides is 4. The van der Waals surface area contributed by atoms with Crippen molar-refractivity contribution in [1.29, 1.82) is 0 Å². The fraction of sp³-hybridized carbons (Fsp3) is 0.412. The quantitative estimate of drug-likeness (QED) is 0.320. The molecule has 0 bridgehead atoms. The Labute approximate surface area is 265 Å². The lowest BCUT2D eigenvalue weighted by Gasteiger charge is -2.47. The van der Waals surface area contributed by atoms with Crippen LogP contribution in [0.15, 0.2) is 48.1 Å². The zero-order chi connectivity index (χ0) is 32.4. The molecule has 2 heterocycles. The number of likely N-dealkylation sites (tertiary alicyclic amines) is 1. The molecule has 4 amide bonds. The van der Waals surface area contributed by atoms with Crippen molar-refractivity contribution in [3.05, 3.63) is 64.5 Å². The van der Waals surface area contributed by atoms with Gasteiger partial charge in [0.1, 0.15) is 5.82 Å². The highest BCUT2D eigenvalue weighted by Gasteiger charge is 2.66. The summed E-state index contributed by atoms with van der Waals surface area (Å²) in [5.74, 6) is -4.83. The summed E-state index contributed by atoms with van der Waals surface area (Å²) < 4.78 is 24.7. The van der Waals surface area contributed by atoms with Crippen molar-refractivity contribution < 1.29 is 38.1 Å². The first-order valence-electron chi connectivity index (χ1n) is 15.0. The largest absolute Gasteiger partial charge is 0.502 e. The first-order chi connectivity index (χ1) is 21.5. The zero-order valence-electron chi connectivity index (χ0n) is 25.4. The molecule has 0 aromatic heterocycles. The van der Waals surface area contributed by atoms with E-state index in [1.807, 2.05) is 19.1 Å². The van der Waals surface area contributed by atoms with E-state index >= 15 is 0 Å². The summed E-state index contributed by atoms with van der Waals surface area (Å²) in [7, 11) is 2.84. The predicted octanol–water partition coefficient (Wildman–Crippen LogP) is 5.39. The van der Waals surface area contributed by atoms with Crippen LogP contribution in [0.5, 0.6) is 17.2 Å². The van der Waals surface area contributed by atoms with Crippen molar-refractivity contribution in [2.24, 2.45) is 35.0 Å². The highest BCUT2D eigenvalue weighted by Crippen LogP contribution is 2.61. The molecule has 0 spiro atoms. The minimum Gasteiger partial charge on any atom is -0.502 e. The van der Waals surface area contributed by atoms with Crippen molar-refractivity contribution in [1.82, 2.24) is 4.90 Å². The van der Waals surface area contributed by atoms with E-state index in [-0.39, 0.29) is 46.2 Å². The number of imide groups is 2. The van der Waals surface area contributed by atoms with E-state index in [0.717, 1.165) is 16.5 Å². The molecule has 2 aromatic rings. The molecule has 236 valence electrons. The van der Waals surface area contributed by atoms with Gasteiger partial charge in [0.25, 0.3) is 0 Å². The SMILES string of the molecule is CCCN1C(=O)[C@H]2[C@H](CC=C3[C@H]2C[C@H]2C(=O)N(c4ccc(F)c(Cl)c4)C(=O)[C@@]2(C)[C@H]3C=Cc2cc(OC)c(O)c(OC)c2)C1=O. The number of aromatic hydroxyl groups is 1. The van der Waals surface area contributed by atoms with Crippen LogP contribution in [0.1, 0.15) is 38.7 Å². The highest BCUT2D eigenvalue weighted by atomic mass is 35.5. The lowest BCUT2D eigenvalue weighted by molar-refractivity contribution is -0.140. The van der Waals surface area contributed by atoms with Crippen LogP contribution in [0.2, 0.25) is 5.02 Å². The number of allylic oxidation sites excluding steroid dienone is 3. The van der Waals surface area contributed by atoms with E-state index in [4.69, 9.17) is 21.1 Å². The van der Waals surface area contributed by atoms with Gasteiger partial charge in [0.05, 0.1) is 48.1 Å². The standard InChI is InChI=1S/C34H34ClFN2O7/c1-5-12-37-30(40)20-9-8-19-21(28(20)32(37)42)16-23-31(41)38(18-7-11-25(36)24(35)15-18)33(43)34(23,2)22(19)10-6-17-13-26(44-3)29(39)27(14-17)45-4/h6-8,10-11,13-15,20-23,28,39H,5,9,12,16H2,1-4H3/t20-,21+,22-,23-,28-,34-/m0/s1. The lowest BCUT2D eigenvalue weighted by atomic mass is 9.52. The summed E-state index contributed by atoms with van der Waals surface area (Å²) in [5.41, 5.74) is 0.351. The number of rotatable bonds is 7. The molecule has 3 fully saturated rings. The number of phenols is 1. The molecule has 1 N–H and O–H groups in total. The fourth-order valence-corrected chi connectivity index (χ4v) is 7.99. The van der Waals surface area contributed by atoms with Gasteiger partial charge < -0.3 is 14.6 Å². The fourth-order valence-electron chi connectivity index (χ4n) is 7.82. The van der Waals surface area contributed by atoms with Crippen LogP contribution in [-0.2, 0) is 19.2 Å². The second-order valence-electron chi connectivity index (χ2n) is 12.3. The van der Waals surface area contributed by atoms with Crippen LogP contribution >= 0.6 is 11.6 Å². The molecule has 2 aromatic carbocycles. The Morgan fingerprint density at radius 2 is 1.73 bits per heavy atom. The summed E-state index contributed by atoms with van der Waals surface area (Å²) in [6.07, 6.45) is 6.78. The summed E-state index contributed by atoms with van der Waals surface area (Å²) >= 11 is 6.05. The van der Waals surface area contributed by atoms with E-state index in [0.29, 0.717) is 24.9 Å². The van der Waals surface area contributed by atoms with E-state index in [1.54, 1.807) is 25.1 Å². The third-order valence-corrected chi connectivity index (χ3v) is 10.3. The Balaban J connectivity index is 1.48. The average Bonchev–Trinajstić information content (AvgIpc) is 3.38. The zero-order valence-corrected chi connectivity index (χ0v) is 26.1. The summed E-state index contributed by atoms with van der Waals surface area (Å²) in [6, 6.07) is 6.97. The molecule has 9 nitrogen and oxygen atoms in total. The molecule has 6 rings (SSSR count). The first kappa shape index (κ1) is 30.8. The second-order valence-corrected chi connectivity index (χ2v) is 12.7. The number of ether oxygens (including phenoxy) is 2. The summed E-state index contributed by atoms with van der Waals surface area (Å²) in [5, 5.41) is 10.2. The average molecular weight is 637 g/mol. The molecule has 0 unspecified atom stereocenters. The molecule has 2 saturated heterocycles. The van der Waals surface area contributed by atoms with Crippen molar-refractivity contribution in [3.8, 4) is 17.2 Å². The number of halogens is 2. The van der Waals surface area contributed by atoms with Crippen molar-refractivity contribution in [2.75, 3.05) is 25.7 Å². The summed E-state index contributed by atoms with van der Waals surface area (Å²) in [4.78, 5) is 58.0. The Hall–Kier alpha value is -4.18. The van der Waals surface area contributed by atoms with Crippen molar-refractivity contribution in [3.63, 3.8) is 0 Å². The van der Waals surface area contributed by atoms with Crippen LogP contribution in [-0.4, -0.2) is 54.4 Å². The van der Waals surface area contributed by atoms with Crippen LogP contribution in [0.3, 0.4) is 0 Å². The predicted molar refractivity (Wildman–Crippen MR) is 164 cm³/mol. The smallest absolute Gasteiger partial charge is 0.241 e. The maximum atomic E-state index is 14.4. The third-order valence-electron chi connectivity index (χ3n) is 10.0. The van der Waals surface area contributed by atoms with Gasteiger partial charge in [-0.1, -0.05) is 42.3 Å². The lowest BCUT2D eigenvalue weighted by Crippen LogP contribution is -2.49. The van der Waals surface area contributed by atoms with Crippen LogP contribution in [0.25, 0.3) is 6.08 Å². The van der Waals surface area contributed by atoms with E-state index in [2.05, 4.69) is 0 Å². The number of hydrogen-bond acceptors (Lipinski definition) is 7. The minimum atomic E-state index is -1.26. The monoisotopic (exact) mass is 636 g/mol. The molecular formula is C34H34ClFN2O7. The third kappa shape index (κ3) is 4.56. The van der Waals surface area contributed by atoms with Crippen LogP contribution < -0.4 is 14.4 Å². The maximum Gasteiger partial charge on any atom is 0.241 e. The number of carbonyl (C=O) groups excluding carboxylic acids is 4. The molecule has 0 radical (unpaired) electrons. The van der Waals surface area contributed by atoms with Crippen LogP contribution in [0.4, 0.5) is 10.1 Å². The number of carbonyl (C=O) groups is 4. The Bertz CT molecular complexity index is 1660. The number of phenolic OH excluding ortho intramolecular Hbond substituents is 1. The van der Waals surface area contributed by atoms with E-state index < -0.39 is 52.6 Å². The Kier molecular flexibility index (Phi) is 7.75. The van der Waals surface area contributed by atoms with Gasteiger partial charge in [-0.15, -0.1) is 0 Å².